The predicted octanol–water partition coefficient (Wildman–Crippen LogP) is 1.36. The molecular formula is C11H17N3O. The minimum atomic E-state index is -0.0924. The number of hydrogen-bond donors (Lipinski definition) is 1. The quantitative estimate of drug-likeness (QED) is 0.810. The summed E-state index contributed by atoms with van der Waals surface area (Å²) in [6.45, 7) is 1.99. The fourth-order valence-corrected chi connectivity index (χ4v) is 1.45. The van der Waals surface area contributed by atoms with Gasteiger partial charge in [-0.25, -0.2) is 0 Å². The molecule has 1 atom stereocenters. The number of rotatable bonds is 4. The van der Waals surface area contributed by atoms with Crippen molar-refractivity contribution in [3.8, 4) is 0 Å². The molecule has 0 aliphatic carbocycles. The summed E-state index contributed by atoms with van der Waals surface area (Å²) in [7, 11) is 3.80. The molecule has 0 radical (unpaired) electrons. The topological polar surface area (TPSA) is 45.2 Å². The summed E-state index contributed by atoms with van der Waals surface area (Å²) in [5.41, 5.74) is 0.739. The van der Waals surface area contributed by atoms with Crippen LogP contribution in [0, 0.1) is 0 Å². The van der Waals surface area contributed by atoms with Crippen molar-refractivity contribution in [2.75, 3.05) is 19.4 Å². The van der Waals surface area contributed by atoms with Crippen LogP contribution in [0.15, 0.2) is 24.5 Å². The monoisotopic (exact) mass is 207 g/mol. The molecule has 4 nitrogen and oxygen atoms in total. The second-order valence-corrected chi connectivity index (χ2v) is 3.62. The van der Waals surface area contributed by atoms with Gasteiger partial charge in [0.2, 0.25) is 5.91 Å². The molecule has 1 rings (SSSR count). The summed E-state index contributed by atoms with van der Waals surface area (Å²) >= 11 is 0. The Balaban J connectivity index is 2.62. The summed E-state index contributed by atoms with van der Waals surface area (Å²) in [4.78, 5) is 17.7. The van der Waals surface area contributed by atoms with E-state index < -0.39 is 0 Å². The molecule has 0 unspecified atom stereocenters. The molecule has 0 fully saturated rings. The molecule has 0 aliphatic heterocycles. The van der Waals surface area contributed by atoms with E-state index in [2.05, 4.69) is 10.3 Å². The van der Waals surface area contributed by atoms with Gasteiger partial charge in [0.1, 0.15) is 0 Å². The van der Waals surface area contributed by atoms with Gasteiger partial charge in [0.25, 0.3) is 0 Å². The molecule has 4 heteroatoms. The first kappa shape index (κ1) is 11.7. The zero-order valence-electron chi connectivity index (χ0n) is 9.40. The number of anilines is 1. The lowest BCUT2D eigenvalue weighted by Gasteiger charge is -2.21. The van der Waals surface area contributed by atoms with E-state index in [1.165, 1.54) is 0 Å². The largest absolute Gasteiger partial charge is 0.323 e. The molecule has 0 saturated carbocycles. The first-order valence-corrected chi connectivity index (χ1v) is 5.02. The molecular weight excluding hydrogens is 190 g/mol. The number of nitrogens with one attached hydrogen (secondary N) is 1. The van der Waals surface area contributed by atoms with E-state index in [4.69, 9.17) is 0 Å². The number of hydrogen-bond acceptors (Lipinski definition) is 3. The van der Waals surface area contributed by atoms with E-state index in [9.17, 15) is 4.79 Å². The van der Waals surface area contributed by atoms with Gasteiger partial charge >= 0.3 is 0 Å². The highest BCUT2D eigenvalue weighted by molar-refractivity contribution is 5.94. The molecule has 15 heavy (non-hydrogen) atoms. The van der Waals surface area contributed by atoms with E-state index in [0.717, 1.165) is 12.1 Å². The molecule has 1 aromatic rings. The molecule has 0 aliphatic rings. The summed E-state index contributed by atoms with van der Waals surface area (Å²) in [5.74, 6) is 0.00972. The third-order valence-electron chi connectivity index (χ3n) is 2.24. The minimum Gasteiger partial charge on any atom is -0.323 e. The van der Waals surface area contributed by atoms with Crippen LogP contribution in [0.5, 0.6) is 0 Å². The van der Waals surface area contributed by atoms with Gasteiger partial charge in [-0.2, -0.15) is 0 Å². The average molecular weight is 207 g/mol. The number of nitrogens with zero attached hydrogens (tertiary/aromatic N) is 2. The minimum absolute atomic E-state index is 0.00972. The Morgan fingerprint density at radius 2 is 2.33 bits per heavy atom. The number of likely N-dealkylation sites (N-methyl/N-ethyl adjacent to an activating group) is 1. The molecule has 0 aromatic carbocycles. The van der Waals surface area contributed by atoms with Crippen molar-refractivity contribution in [3.05, 3.63) is 24.5 Å². The highest BCUT2D eigenvalue weighted by Crippen LogP contribution is 2.06. The van der Waals surface area contributed by atoms with Crippen molar-refractivity contribution in [2.45, 2.75) is 19.4 Å². The Bertz CT molecular complexity index is 311. The zero-order chi connectivity index (χ0) is 11.3. The van der Waals surface area contributed by atoms with Crippen LogP contribution in [0.2, 0.25) is 0 Å². The summed E-state index contributed by atoms with van der Waals surface area (Å²) in [6, 6.07) is 3.53. The van der Waals surface area contributed by atoms with E-state index in [1.54, 1.807) is 18.5 Å². The molecule has 1 aromatic heterocycles. The zero-order valence-corrected chi connectivity index (χ0v) is 9.40. The Morgan fingerprint density at radius 1 is 1.60 bits per heavy atom. The number of pyridine rings is 1. The van der Waals surface area contributed by atoms with Gasteiger partial charge < -0.3 is 5.32 Å². The van der Waals surface area contributed by atoms with Crippen LogP contribution >= 0.6 is 0 Å². The number of amides is 1. The van der Waals surface area contributed by atoms with Crippen molar-refractivity contribution < 1.29 is 4.79 Å². The van der Waals surface area contributed by atoms with E-state index in [-0.39, 0.29) is 11.9 Å². The van der Waals surface area contributed by atoms with Crippen LogP contribution in [0.25, 0.3) is 0 Å². The summed E-state index contributed by atoms with van der Waals surface area (Å²) < 4.78 is 0. The Labute approximate surface area is 90.3 Å². The number of carbonyl (C=O) groups is 1. The summed E-state index contributed by atoms with van der Waals surface area (Å²) in [5, 5.41) is 2.83. The van der Waals surface area contributed by atoms with Crippen molar-refractivity contribution in [2.24, 2.45) is 0 Å². The predicted molar refractivity (Wildman–Crippen MR) is 60.6 cm³/mol. The summed E-state index contributed by atoms with van der Waals surface area (Å²) in [6.07, 6.45) is 4.11. The van der Waals surface area contributed by atoms with Gasteiger partial charge in [-0.05, 0) is 32.6 Å². The van der Waals surface area contributed by atoms with Crippen LogP contribution in [0.3, 0.4) is 0 Å². The smallest absolute Gasteiger partial charge is 0.241 e. The van der Waals surface area contributed by atoms with Crippen LogP contribution in [0.4, 0.5) is 5.69 Å². The van der Waals surface area contributed by atoms with Crippen molar-refractivity contribution in [3.63, 3.8) is 0 Å². The lowest BCUT2D eigenvalue weighted by atomic mass is 10.2. The van der Waals surface area contributed by atoms with Gasteiger partial charge in [0.05, 0.1) is 17.9 Å². The van der Waals surface area contributed by atoms with Gasteiger partial charge in [-0.1, -0.05) is 6.92 Å². The van der Waals surface area contributed by atoms with Crippen LogP contribution in [-0.2, 0) is 4.79 Å². The first-order valence-electron chi connectivity index (χ1n) is 5.02. The lowest BCUT2D eigenvalue weighted by Crippen LogP contribution is -2.39. The lowest BCUT2D eigenvalue weighted by molar-refractivity contribution is -0.120. The Kier molecular flexibility index (Phi) is 4.24. The number of aromatic nitrogens is 1. The SMILES string of the molecule is CC[C@@H](C(=O)Nc1cccnc1)N(C)C. The molecule has 1 N–H and O–H groups in total. The maximum atomic E-state index is 11.8. The van der Waals surface area contributed by atoms with Crippen LogP contribution < -0.4 is 5.32 Å². The molecule has 0 bridgehead atoms. The van der Waals surface area contributed by atoms with Crippen LogP contribution in [-0.4, -0.2) is 35.9 Å². The van der Waals surface area contributed by atoms with E-state index >= 15 is 0 Å². The first-order chi connectivity index (χ1) is 7.15. The highest BCUT2D eigenvalue weighted by Gasteiger charge is 2.18. The molecule has 0 spiro atoms. The molecule has 1 heterocycles. The third kappa shape index (κ3) is 3.32. The van der Waals surface area contributed by atoms with Gasteiger partial charge in [0, 0.05) is 6.20 Å². The maximum Gasteiger partial charge on any atom is 0.241 e. The standard InChI is InChI=1S/C11H17N3O/c1-4-10(14(2)3)11(15)13-9-6-5-7-12-8-9/h5-8,10H,4H2,1-3H3,(H,13,15)/t10-/m0/s1. The van der Waals surface area contributed by atoms with Crippen molar-refractivity contribution >= 4 is 11.6 Å². The molecule has 82 valence electrons. The third-order valence-corrected chi connectivity index (χ3v) is 2.24. The number of carbonyl (C=O) groups excluding carboxylic acids is 1. The van der Waals surface area contributed by atoms with E-state index in [0.29, 0.717) is 0 Å². The van der Waals surface area contributed by atoms with Crippen LogP contribution in [0.1, 0.15) is 13.3 Å². The van der Waals surface area contributed by atoms with Crippen molar-refractivity contribution in [1.29, 1.82) is 0 Å². The normalized spacial score (nSPS) is 12.5. The van der Waals surface area contributed by atoms with Gasteiger partial charge in [0.15, 0.2) is 0 Å². The Morgan fingerprint density at radius 3 is 2.80 bits per heavy atom. The van der Waals surface area contributed by atoms with Gasteiger partial charge in [-0.3, -0.25) is 14.7 Å². The average Bonchev–Trinajstić information content (AvgIpc) is 2.19. The second kappa shape index (κ2) is 5.46. The fourth-order valence-electron chi connectivity index (χ4n) is 1.45. The maximum absolute atomic E-state index is 11.8. The van der Waals surface area contributed by atoms with E-state index in [1.807, 2.05) is 32.0 Å². The fraction of sp³-hybridized carbons (Fsp3) is 0.455. The Hall–Kier alpha value is -1.42. The highest BCUT2D eigenvalue weighted by atomic mass is 16.2. The molecule has 0 saturated heterocycles. The van der Waals surface area contributed by atoms with Crippen molar-refractivity contribution in [1.82, 2.24) is 9.88 Å². The van der Waals surface area contributed by atoms with Gasteiger partial charge in [-0.15, -0.1) is 0 Å². The second-order valence-electron chi connectivity index (χ2n) is 3.62. The molecule has 1 amide bonds.